The fourth-order valence-corrected chi connectivity index (χ4v) is 21.9. The van der Waals surface area contributed by atoms with Crippen molar-refractivity contribution in [2.24, 2.45) is 0 Å². The summed E-state index contributed by atoms with van der Waals surface area (Å²) in [5.74, 6) is 0. The average Bonchev–Trinajstić information content (AvgIpc) is 1.19. The third-order valence-electron chi connectivity index (χ3n) is 26.1. The molecule has 0 N–H and O–H groups in total. The molecule has 0 unspecified atom stereocenters. The van der Waals surface area contributed by atoms with Crippen LogP contribution in [0.5, 0.6) is 0 Å². The quantitative estimate of drug-likeness (QED) is 0.112. The summed E-state index contributed by atoms with van der Waals surface area (Å²) in [7, 11) is 0. The summed E-state index contributed by atoms with van der Waals surface area (Å²) in [6, 6.07) is 104. The fraction of sp³-hybridized carbons (Fsp3) is 0.0179. The molecule has 29 aromatic rings. The van der Waals surface area contributed by atoms with E-state index in [1.165, 1.54) is 10.1 Å². The van der Waals surface area contributed by atoms with E-state index in [0.717, 1.165) is 114 Å². The number of fused-ring (bicyclic) bond motifs is 31. The summed E-state index contributed by atoms with van der Waals surface area (Å²) in [5.41, 5.74) is 16.5. The summed E-state index contributed by atoms with van der Waals surface area (Å²) < 4.78 is 29.0. The predicted molar refractivity (Wildman–Crippen MR) is 524 cm³/mol. The topological polar surface area (TPSA) is 194 Å². The molecule has 12 aromatic heterocycles. The van der Waals surface area contributed by atoms with E-state index in [9.17, 15) is 38.4 Å². The van der Waals surface area contributed by atoms with Crippen molar-refractivity contribution in [3.8, 4) is 11.1 Å². The Hall–Kier alpha value is -17.1. The molecule has 0 spiro atoms. The molecule has 0 aliphatic carbocycles. The number of furan rings is 3. The standard InChI is InChI=1S/C34H21NO3.2C26H13NO3.C26H13NO2S/c1-18-13-19(2)15-20(14-18)21-16-24-32-25(17-21)34(37)31-27(35(32)26-9-5-3-7-22(26)33(24)36)11-12-29-30(31)23-8-4-6-10-28(23)38-29;28-24-15-8-1-4-10-19(15)27-20-11-5-2-9-16(20)25(29)22-23(27)18(24)13-17-14-7-3-6-12-21(14)30-26(17)22;28-25-14-7-1-4-10-18(14)27-19-11-5-2-8-15(19)26(29)23-22-16-9-3-6-12-20(16)30-21(22)13-17(25)24(23)27;28-25-15-7-1-3-10-20(15)27-21-13-23-18(14-6-2-4-11-22(14)30-23)12-19(21)26(29)17-9-5-8-16(25)24(17)27/h3-17H,1-2H3;3*1-13H. The number of pyridine rings is 8. The SMILES string of the molecule is Cc1cc(C)cc(-c2cc3c(=O)c4ccccc4n4c5ccc6oc7ccccc7c6c5c(=O)c(c2)c34)c1.O=c1c2ccccc2n2c3cc4sc5ccccc5c4cc3c(=O)c3cccc1c32.O=c1c2ccccc2n2c3ccccc3c(=O)c3c4c(cc1c32)oc1ccccc14.O=c1c2ccccc2n2c3ccccc3c(=O)c3c4oc5ccccc5c4cc1c32. The largest absolute Gasteiger partial charge is 0.456 e. The van der Waals surface area contributed by atoms with Crippen LogP contribution in [0.15, 0.2) is 379 Å². The molecule has 128 heavy (non-hydrogen) atoms. The van der Waals surface area contributed by atoms with Gasteiger partial charge in [0.25, 0.3) is 0 Å². The second kappa shape index (κ2) is 26.7. The molecule has 0 aliphatic heterocycles. The molecule has 16 heteroatoms. The van der Waals surface area contributed by atoms with Gasteiger partial charge in [0.15, 0.2) is 38.0 Å². The van der Waals surface area contributed by atoms with E-state index in [2.05, 4.69) is 63.4 Å². The van der Waals surface area contributed by atoms with Crippen molar-refractivity contribution >= 4 is 250 Å². The van der Waals surface area contributed by atoms with Gasteiger partial charge in [0.1, 0.15) is 33.5 Å². The Morgan fingerprint density at radius 3 is 1.10 bits per heavy atom. The normalized spacial score (nSPS) is 12.2. The van der Waals surface area contributed by atoms with Gasteiger partial charge in [0, 0.05) is 117 Å². The molecular formula is C112H60N4O11S. The lowest BCUT2D eigenvalue weighted by molar-refractivity contribution is 0.669. The highest BCUT2D eigenvalue weighted by Crippen LogP contribution is 2.44. The first-order valence-electron chi connectivity index (χ1n) is 42.1. The molecular weight excluding hydrogens is 1610 g/mol. The number of benzene rings is 17. The van der Waals surface area contributed by atoms with Gasteiger partial charge < -0.3 is 30.9 Å². The van der Waals surface area contributed by atoms with E-state index in [1.54, 1.807) is 23.5 Å². The number of hydrogen-bond donors (Lipinski definition) is 0. The van der Waals surface area contributed by atoms with Crippen molar-refractivity contribution in [2.75, 3.05) is 0 Å². The van der Waals surface area contributed by atoms with Crippen LogP contribution in [0.2, 0.25) is 0 Å². The number of nitrogens with zero attached hydrogens (tertiary/aromatic N) is 4. The van der Waals surface area contributed by atoms with Gasteiger partial charge in [0.2, 0.25) is 5.43 Å². The zero-order chi connectivity index (χ0) is 85.7. The highest BCUT2D eigenvalue weighted by molar-refractivity contribution is 7.25. The number of aromatic nitrogens is 4. The molecule has 0 amide bonds. The third kappa shape index (κ3) is 10.0. The van der Waals surface area contributed by atoms with Gasteiger partial charge in [-0.1, -0.05) is 181 Å². The summed E-state index contributed by atoms with van der Waals surface area (Å²) >= 11 is 1.73. The van der Waals surface area contributed by atoms with E-state index in [1.807, 2.05) is 283 Å². The van der Waals surface area contributed by atoms with Crippen molar-refractivity contribution in [1.29, 1.82) is 0 Å². The van der Waals surface area contributed by atoms with Crippen LogP contribution in [0, 0.1) is 13.8 Å². The third-order valence-corrected chi connectivity index (χ3v) is 27.2. The highest BCUT2D eigenvalue weighted by Gasteiger charge is 2.28. The van der Waals surface area contributed by atoms with Gasteiger partial charge in [-0.25, -0.2) is 0 Å². The van der Waals surface area contributed by atoms with E-state index in [4.69, 9.17) is 13.3 Å². The molecule has 0 saturated carbocycles. The fourth-order valence-electron chi connectivity index (χ4n) is 20.8. The number of thiophene rings is 1. The zero-order valence-electron chi connectivity index (χ0n) is 67.9. The second-order valence-corrected chi connectivity index (χ2v) is 34.3. The van der Waals surface area contributed by atoms with Crippen molar-refractivity contribution in [2.45, 2.75) is 13.8 Å². The van der Waals surface area contributed by atoms with E-state index < -0.39 is 0 Å². The maximum Gasteiger partial charge on any atom is 0.201 e. The number of para-hydroxylation sites is 10. The molecule has 29 rings (SSSR count). The minimum atomic E-state index is -0.116. The molecule has 0 radical (unpaired) electrons. The molecule has 15 nitrogen and oxygen atoms in total. The van der Waals surface area contributed by atoms with Crippen LogP contribution in [0.1, 0.15) is 11.1 Å². The molecule has 0 saturated heterocycles. The monoisotopic (exact) mass is 1670 g/mol. The van der Waals surface area contributed by atoms with E-state index in [-0.39, 0.29) is 43.4 Å². The molecule has 0 atom stereocenters. The lowest BCUT2D eigenvalue weighted by Crippen LogP contribution is -2.14. The van der Waals surface area contributed by atoms with Crippen LogP contribution in [0.25, 0.3) is 249 Å². The van der Waals surface area contributed by atoms with E-state index in [0.29, 0.717) is 136 Å². The van der Waals surface area contributed by atoms with Gasteiger partial charge in [-0.3, -0.25) is 38.4 Å². The van der Waals surface area contributed by atoms with Crippen LogP contribution >= 0.6 is 11.3 Å². The average molecular weight is 1670 g/mol. The van der Waals surface area contributed by atoms with E-state index >= 15 is 0 Å². The number of aryl methyl sites for hydroxylation is 2. The first kappa shape index (κ1) is 72.5. The van der Waals surface area contributed by atoms with Crippen molar-refractivity contribution in [3.63, 3.8) is 0 Å². The van der Waals surface area contributed by atoms with Gasteiger partial charge in [0.05, 0.1) is 87.7 Å². The van der Waals surface area contributed by atoms with Crippen LogP contribution in [0.4, 0.5) is 0 Å². The van der Waals surface area contributed by atoms with Gasteiger partial charge in [-0.05, 0) is 183 Å². The van der Waals surface area contributed by atoms with Crippen LogP contribution in [0.3, 0.4) is 0 Å². The summed E-state index contributed by atoms with van der Waals surface area (Å²) in [5, 5.41) is 16.6. The van der Waals surface area contributed by atoms with Crippen LogP contribution in [-0.4, -0.2) is 17.6 Å². The van der Waals surface area contributed by atoms with Crippen LogP contribution < -0.4 is 43.4 Å². The van der Waals surface area contributed by atoms with Crippen molar-refractivity contribution in [1.82, 2.24) is 17.6 Å². The van der Waals surface area contributed by atoms with Crippen molar-refractivity contribution < 1.29 is 13.3 Å². The highest BCUT2D eigenvalue weighted by atomic mass is 32.1. The Balaban J connectivity index is 0.0000000908. The molecule has 600 valence electrons. The molecule has 0 fully saturated rings. The Bertz CT molecular complexity index is 10600. The van der Waals surface area contributed by atoms with Crippen molar-refractivity contribution in [3.05, 3.63) is 420 Å². The number of hydrogen-bond acceptors (Lipinski definition) is 12. The maximum absolute atomic E-state index is 14.5. The summed E-state index contributed by atoms with van der Waals surface area (Å²) in [6.07, 6.45) is 0. The Kier molecular flexibility index (Phi) is 15.1. The van der Waals surface area contributed by atoms with Gasteiger partial charge >= 0.3 is 0 Å². The molecule has 12 heterocycles. The summed E-state index contributed by atoms with van der Waals surface area (Å²) in [6.45, 7) is 4.12. The minimum absolute atomic E-state index is 0.0255. The maximum atomic E-state index is 14.5. The zero-order valence-corrected chi connectivity index (χ0v) is 68.7. The second-order valence-electron chi connectivity index (χ2n) is 33.2. The smallest absolute Gasteiger partial charge is 0.201 e. The van der Waals surface area contributed by atoms with Crippen LogP contribution in [-0.2, 0) is 0 Å². The Morgan fingerprint density at radius 1 is 0.195 bits per heavy atom. The minimum Gasteiger partial charge on any atom is -0.456 e. The molecule has 0 bridgehead atoms. The summed E-state index contributed by atoms with van der Waals surface area (Å²) in [4.78, 5) is 109. The lowest BCUT2D eigenvalue weighted by Gasteiger charge is -2.16. The number of rotatable bonds is 1. The molecule has 0 aliphatic rings. The molecule has 17 aromatic carbocycles. The Morgan fingerprint density at radius 2 is 0.555 bits per heavy atom. The lowest BCUT2D eigenvalue weighted by atomic mass is 9.94. The first-order chi connectivity index (χ1) is 62.7. The first-order valence-corrected chi connectivity index (χ1v) is 42.9. The Labute approximate surface area is 721 Å². The van der Waals surface area contributed by atoms with Gasteiger partial charge in [-0.15, -0.1) is 11.3 Å². The predicted octanol–water partition coefficient (Wildman–Crippen LogP) is 24.6. The van der Waals surface area contributed by atoms with Gasteiger partial charge in [-0.2, -0.15) is 0 Å².